The van der Waals surface area contributed by atoms with E-state index in [0.717, 1.165) is 27.3 Å². The van der Waals surface area contributed by atoms with Gasteiger partial charge in [0, 0.05) is 15.5 Å². The Bertz CT molecular complexity index is 555. The van der Waals surface area contributed by atoms with Gasteiger partial charge in [0.15, 0.2) is 0 Å². The summed E-state index contributed by atoms with van der Waals surface area (Å²) in [5, 5.41) is 3.51. The molecule has 2 nitrogen and oxygen atoms in total. The maximum atomic E-state index is 6.04. The van der Waals surface area contributed by atoms with Crippen molar-refractivity contribution in [2.24, 2.45) is 0 Å². The Kier molecular flexibility index (Phi) is 3.11. The van der Waals surface area contributed by atoms with Crippen molar-refractivity contribution in [3.8, 4) is 0 Å². The van der Waals surface area contributed by atoms with Crippen LogP contribution in [0.2, 0.25) is 4.34 Å². The van der Waals surface area contributed by atoms with E-state index in [1.807, 2.05) is 12.3 Å². The van der Waals surface area contributed by atoms with Crippen molar-refractivity contribution in [1.82, 2.24) is 4.98 Å². The van der Waals surface area contributed by atoms with Gasteiger partial charge in [0.1, 0.15) is 0 Å². The Hall–Kier alpha value is -0.580. The molecule has 1 unspecified atom stereocenters. The molecule has 0 spiro atoms. The zero-order chi connectivity index (χ0) is 11.8. The van der Waals surface area contributed by atoms with Crippen LogP contribution in [0.25, 0.3) is 0 Å². The first-order valence-electron chi connectivity index (χ1n) is 5.37. The van der Waals surface area contributed by atoms with Gasteiger partial charge in [-0.2, -0.15) is 0 Å². The van der Waals surface area contributed by atoms with Gasteiger partial charge in [-0.3, -0.25) is 4.98 Å². The largest absolute Gasteiger partial charge is 0.377 e. The van der Waals surface area contributed by atoms with Gasteiger partial charge >= 0.3 is 0 Å². The predicted octanol–water partition coefficient (Wildman–Crippen LogP) is 4.66. The van der Waals surface area contributed by atoms with Crippen LogP contribution in [0.4, 0.5) is 5.69 Å². The van der Waals surface area contributed by atoms with E-state index in [-0.39, 0.29) is 0 Å². The maximum absolute atomic E-state index is 6.04. The van der Waals surface area contributed by atoms with Gasteiger partial charge in [-0.25, -0.2) is 0 Å². The highest BCUT2D eigenvalue weighted by Crippen LogP contribution is 2.40. The number of rotatable bonds is 2. The number of aryl methyl sites for hydroxylation is 1. The van der Waals surface area contributed by atoms with Crippen LogP contribution in [0, 0.1) is 0 Å². The molecule has 3 rings (SSSR count). The minimum absolute atomic E-state index is 0.366. The van der Waals surface area contributed by atoms with Crippen molar-refractivity contribution in [3.63, 3.8) is 0 Å². The van der Waals surface area contributed by atoms with Crippen LogP contribution in [-0.2, 0) is 6.42 Å². The second kappa shape index (κ2) is 4.59. The Morgan fingerprint density at radius 2 is 2.29 bits per heavy atom. The number of fused-ring (bicyclic) bond motifs is 1. The number of pyridine rings is 1. The molecule has 0 radical (unpaired) electrons. The van der Waals surface area contributed by atoms with Gasteiger partial charge in [0.25, 0.3) is 0 Å². The lowest BCUT2D eigenvalue weighted by atomic mass is 10.2. The molecule has 0 saturated heterocycles. The van der Waals surface area contributed by atoms with E-state index >= 15 is 0 Å². The zero-order valence-corrected chi connectivity index (χ0v) is 12.1. The van der Waals surface area contributed by atoms with Crippen molar-refractivity contribution in [2.75, 3.05) is 5.32 Å². The summed E-state index contributed by atoms with van der Waals surface area (Å²) in [4.78, 5) is 5.57. The summed E-state index contributed by atoms with van der Waals surface area (Å²) in [6.45, 7) is 0. The molecular weight excluding hydrogens is 320 g/mol. The summed E-state index contributed by atoms with van der Waals surface area (Å²) in [5.74, 6) is 0. The lowest BCUT2D eigenvalue weighted by Gasteiger charge is -2.14. The molecule has 88 valence electrons. The second-order valence-electron chi connectivity index (χ2n) is 4.06. The number of nitrogens with zero attached hydrogens (tertiary/aromatic N) is 1. The van der Waals surface area contributed by atoms with E-state index in [9.17, 15) is 0 Å². The highest BCUT2D eigenvalue weighted by Gasteiger charge is 2.24. The van der Waals surface area contributed by atoms with Gasteiger partial charge in [-0.1, -0.05) is 11.6 Å². The molecule has 0 bridgehead atoms. The van der Waals surface area contributed by atoms with Gasteiger partial charge in [0.05, 0.1) is 22.3 Å². The molecule has 0 fully saturated rings. The first-order chi connectivity index (χ1) is 8.22. The lowest BCUT2D eigenvalue weighted by molar-refractivity contribution is 0.761. The third kappa shape index (κ3) is 2.34. The third-order valence-electron chi connectivity index (χ3n) is 2.89. The smallest absolute Gasteiger partial charge is 0.0934 e. The number of hydrogen-bond donors (Lipinski definition) is 1. The first-order valence-corrected chi connectivity index (χ1v) is 7.36. The molecule has 0 amide bonds. The van der Waals surface area contributed by atoms with Gasteiger partial charge in [0.2, 0.25) is 0 Å². The summed E-state index contributed by atoms with van der Waals surface area (Å²) in [6.07, 6.45) is 5.88. The summed E-state index contributed by atoms with van der Waals surface area (Å²) < 4.78 is 1.87. The maximum Gasteiger partial charge on any atom is 0.0934 e. The number of thiophene rings is 1. The highest BCUT2D eigenvalue weighted by atomic mass is 79.9. The lowest BCUT2D eigenvalue weighted by Crippen LogP contribution is -2.06. The summed E-state index contributed by atoms with van der Waals surface area (Å²) >= 11 is 11.2. The topological polar surface area (TPSA) is 24.9 Å². The minimum atomic E-state index is 0.366. The third-order valence-corrected chi connectivity index (χ3v) is 4.67. The average Bonchev–Trinajstić information content (AvgIpc) is 2.80. The van der Waals surface area contributed by atoms with Crippen LogP contribution in [0.1, 0.15) is 22.9 Å². The fraction of sp³-hybridized carbons (Fsp3) is 0.250. The average molecular weight is 330 g/mol. The molecule has 17 heavy (non-hydrogen) atoms. The van der Waals surface area contributed by atoms with E-state index in [2.05, 4.69) is 32.3 Å². The molecular formula is C12H10BrClN2S. The van der Waals surface area contributed by atoms with Gasteiger partial charge in [-0.15, -0.1) is 11.3 Å². The monoisotopic (exact) mass is 328 g/mol. The molecule has 2 aromatic heterocycles. The molecule has 1 N–H and O–H groups in total. The van der Waals surface area contributed by atoms with Crippen molar-refractivity contribution < 1.29 is 0 Å². The molecule has 0 saturated carbocycles. The fourth-order valence-corrected chi connectivity index (χ4v) is 3.89. The molecule has 1 aliphatic rings. The first kappa shape index (κ1) is 11.5. The Morgan fingerprint density at radius 3 is 3.12 bits per heavy atom. The normalized spacial score (nSPS) is 18.1. The Labute approximate surface area is 117 Å². The van der Waals surface area contributed by atoms with E-state index in [0.29, 0.717) is 6.04 Å². The van der Waals surface area contributed by atoms with Crippen LogP contribution in [0.5, 0.6) is 0 Å². The fourth-order valence-electron chi connectivity index (χ4n) is 2.17. The molecule has 0 aromatic carbocycles. The number of aromatic nitrogens is 1. The second-order valence-corrected chi connectivity index (χ2v) is 6.74. The summed E-state index contributed by atoms with van der Waals surface area (Å²) in [6, 6.07) is 4.49. The van der Waals surface area contributed by atoms with Crippen molar-refractivity contribution in [3.05, 3.63) is 43.8 Å². The number of anilines is 1. The number of halogens is 2. The van der Waals surface area contributed by atoms with Crippen LogP contribution in [-0.4, -0.2) is 4.98 Å². The Morgan fingerprint density at radius 1 is 1.41 bits per heavy atom. The van der Waals surface area contributed by atoms with Crippen molar-refractivity contribution in [1.29, 1.82) is 0 Å². The molecule has 5 heteroatoms. The van der Waals surface area contributed by atoms with E-state index in [1.165, 1.54) is 10.4 Å². The Balaban J connectivity index is 1.83. The van der Waals surface area contributed by atoms with Crippen molar-refractivity contribution in [2.45, 2.75) is 18.9 Å². The molecule has 2 aromatic rings. The standard InChI is InChI=1S/C12H10BrClN2S/c13-7-3-8(6-15-5-7)16-10-1-2-11-9(10)4-12(14)17-11/h3-6,10,16H,1-2H2. The highest BCUT2D eigenvalue weighted by molar-refractivity contribution is 9.10. The molecule has 1 atom stereocenters. The molecule has 2 heterocycles. The van der Waals surface area contributed by atoms with Crippen LogP contribution >= 0.6 is 38.9 Å². The van der Waals surface area contributed by atoms with Gasteiger partial charge in [-0.05, 0) is 46.5 Å². The number of nitrogens with one attached hydrogen (secondary N) is 1. The van der Waals surface area contributed by atoms with Crippen LogP contribution in [0.3, 0.4) is 0 Å². The molecule has 1 aliphatic carbocycles. The zero-order valence-electron chi connectivity index (χ0n) is 8.91. The van der Waals surface area contributed by atoms with E-state index in [1.54, 1.807) is 17.5 Å². The van der Waals surface area contributed by atoms with Crippen LogP contribution in [0.15, 0.2) is 29.0 Å². The van der Waals surface area contributed by atoms with Crippen LogP contribution < -0.4 is 5.32 Å². The summed E-state index contributed by atoms with van der Waals surface area (Å²) in [7, 11) is 0. The van der Waals surface area contributed by atoms with E-state index < -0.39 is 0 Å². The predicted molar refractivity (Wildman–Crippen MR) is 76.0 cm³/mol. The van der Waals surface area contributed by atoms with Gasteiger partial charge < -0.3 is 5.32 Å². The van der Waals surface area contributed by atoms with Crippen molar-refractivity contribution >= 4 is 44.6 Å². The quantitative estimate of drug-likeness (QED) is 0.867. The van der Waals surface area contributed by atoms with E-state index in [4.69, 9.17) is 11.6 Å². The molecule has 0 aliphatic heterocycles. The SMILES string of the molecule is Clc1cc2c(s1)CCC2Nc1cncc(Br)c1. The number of hydrogen-bond acceptors (Lipinski definition) is 3. The summed E-state index contributed by atoms with van der Waals surface area (Å²) in [5.41, 5.74) is 2.39. The minimum Gasteiger partial charge on any atom is -0.377 e.